The Labute approximate surface area is 68.3 Å². The summed E-state index contributed by atoms with van der Waals surface area (Å²) in [7, 11) is -3.70. The topological polar surface area (TPSA) is 57.2 Å². The van der Waals surface area contributed by atoms with Crippen LogP contribution in [0.4, 0.5) is 0 Å². The van der Waals surface area contributed by atoms with Crippen molar-refractivity contribution in [1.82, 2.24) is 0 Å². The summed E-state index contributed by atoms with van der Waals surface area (Å²) in [6.07, 6.45) is 1.22. The summed E-state index contributed by atoms with van der Waals surface area (Å²) in [6, 6.07) is 0. The molecule has 0 spiro atoms. The van der Waals surface area contributed by atoms with E-state index in [2.05, 4.69) is 0 Å². The van der Waals surface area contributed by atoms with Gasteiger partial charge in [0.1, 0.15) is 9.15 Å². The Kier molecular flexibility index (Phi) is 6.62. The zero-order valence-electron chi connectivity index (χ0n) is 4.04. The van der Waals surface area contributed by atoms with Crippen LogP contribution < -0.4 is 29.6 Å². The van der Waals surface area contributed by atoms with Crippen LogP contribution in [0.5, 0.6) is 0 Å². The van der Waals surface area contributed by atoms with Crippen LogP contribution in [0.25, 0.3) is 0 Å². The molecule has 0 heterocycles. The first-order chi connectivity index (χ1) is 2.56. The summed E-state index contributed by atoms with van der Waals surface area (Å²) in [5.74, 6) is 0. The second kappa shape index (κ2) is 4.17. The third kappa shape index (κ3) is 11.1. The van der Waals surface area contributed by atoms with Crippen LogP contribution in [0.3, 0.4) is 0 Å². The molecule has 0 saturated carbocycles. The molecule has 0 saturated heterocycles. The molecule has 0 aliphatic heterocycles. The van der Waals surface area contributed by atoms with Gasteiger partial charge in [0, 0.05) is 0 Å². The summed E-state index contributed by atoms with van der Waals surface area (Å²) in [5.41, 5.74) is 0. The second-order valence-electron chi connectivity index (χ2n) is 0.575. The quantitative estimate of drug-likeness (QED) is 0.226. The fourth-order valence-corrected chi connectivity index (χ4v) is 0. The van der Waals surface area contributed by atoms with E-state index in [1.807, 2.05) is 0 Å². The van der Waals surface area contributed by atoms with E-state index in [9.17, 15) is 13.0 Å². The summed E-state index contributed by atoms with van der Waals surface area (Å²) in [4.78, 5) is 0. The van der Waals surface area contributed by atoms with E-state index < -0.39 is 9.15 Å². The van der Waals surface area contributed by atoms with Gasteiger partial charge >= 0.3 is 29.6 Å². The van der Waals surface area contributed by atoms with Gasteiger partial charge in [0.15, 0.2) is 0 Å². The van der Waals surface area contributed by atoms with Crippen LogP contribution >= 0.6 is 10.8 Å². The van der Waals surface area contributed by atoms with Crippen LogP contribution in [0.1, 0.15) is 0 Å². The molecule has 0 aliphatic rings. The van der Waals surface area contributed by atoms with Gasteiger partial charge in [0.2, 0.25) is 0 Å². The predicted molar refractivity (Wildman–Crippen MR) is 23.2 cm³/mol. The molecule has 0 amide bonds. The first-order valence-electron chi connectivity index (χ1n) is 1.07. The molecule has 0 aromatic heterocycles. The van der Waals surface area contributed by atoms with Gasteiger partial charge in [-0.1, -0.05) is 0 Å². The first-order valence-corrected chi connectivity index (χ1v) is 4.22. The molecule has 0 aromatic carbocycles. The van der Waals surface area contributed by atoms with Gasteiger partial charge in [-0.2, -0.15) is 0 Å². The summed E-state index contributed by atoms with van der Waals surface area (Å²) < 4.78 is 28.2. The first kappa shape index (κ1) is 11.1. The molecule has 0 radical (unpaired) electrons. The molecule has 6 heteroatoms. The van der Waals surface area contributed by atoms with Gasteiger partial charge < -0.3 is 4.55 Å². The molecular weight excluding hydrogens is 150 g/mol. The number of hydrogen-bond acceptors (Lipinski definition) is 4. The average Bonchev–Trinajstić information content (AvgIpc) is 1.35. The minimum atomic E-state index is -4.00. The van der Waals surface area contributed by atoms with Gasteiger partial charge in [-0.25, -0.2) is 8.42 Å². The van der Waals surface area contributed by atoms with E-state index >= 15 is 0 Å². The summed E-state index contributed by atoms with van der Waals surface area (Å²) >= 11 is 0. The standard InChI is InChI=1S/CH4O3S2.Na/c1-5-6(2,3)4;/h1H3,(H,2,3,4);/q;+1/p-1/i5+3;. The summed E-state index contributed by atoms with van der Waals surface area (Å²) in [6.45, 7) is 0. The predicted octanol–water partition coefficient (Wildman–Crippen LogP) is -3.19. The SMILES string of the molecule is C[35S]S(=O)(=O)[O-].[Na+]. The average molecular weight is 153 g/mol. The Morgan fingerprint density at radius 1 is 1.57 bits per heavy atom. The third-order valence-electron chi connectivity index (χ3n) is 0.204. The van der Waals surface area contributed by atoms with Crippen LogP contribution in [0.2, 0.25) is 0 Å². The van der Waals surface area contributed by atoms with E-state index in [1.54, 1.807) is 0 Å². The molecule has 0 N–H and O–H groups in total. The Morgan fingerprint density at radius 2 is 1.71 bits per heavy atom. The van der Waals surface area contributed by atoms with Gasteiger partial charge in [-0.3, -0.25) is 0 Å². The molecule has 0 bridgehead atoms. The van der Waals surface area contributed by atoms with Gasteiger partial charge in [-0.05, 0) is 17.0 Å². The number of rotatable bonds is 1. The van der Waals surface area contributed by atoms with E-state index in [0.29, 0.717) is 10.8 Å². The Balaban J connectivity index is 0. The van der Waals surface area contributed by atoms with Crippen LogP contribution in [-0.4, -0.2) is 19.2 Å². The van der Waals surface area contributed by atoms with Crippen molar-refractivity contribution < 1.29 is 42.5 Å². The van der Waals surface area contributed by atoms with Gasteiger partial charge in [-0.15, -0.1) is 0 Å². The van der Waals surface area contributed by atoms with Crippen molar-refractivity contribution in [3.8, 4) is 0 Å². The zero-order valence-corrected chi connectivity index (χ0v) is 7.67. The van der Waals surface area contributed by atoms with Crippen molar-refractivity contribution in [1.29, 1.82) is 0 Å². The zero-order chi connectivity index (χ0) is 5.21. The monoisotopic (exact) mass is 153 g/mol. The maximum absolute atomic E-state index is 9.41. The molecule has 0 atom stereocenters. The van der Waals surface area contributed by atoms with Crippen LogP contribution in [0.15, 0.2) is 0 Å². The van der Waals surface area contributed by atoms with Crippen molar-refractivity contribution >= 4 is 19.9 Å². The molecule has 0 unspecified atom stereocenters. The fraction of sp³-hybridized carbons (Fsp3) is 1.00. The molecule has 0 aliphatic carbocycles. The van der Waals surface area contributed by atoms with Crippen LogP contribution in [0, 0.1) is 0 Å². The Hall–Kier alpha value is 1.26. The molecule has 0 fully saturated rings. The van der Waals surface area contributed by atoms with E-state index in [1.165, 1.54) is 6.26 Å². The smallest absolute Gasteiger partial charge is 0.739 e. The second-order valence-corrected chi connectivity index (χ2v) is 3.95. The minimum absolute atomic E-state index is 0. The summed E-state index contributed by atoms with van der Waals surface area (Å²) in [5, 5.41) is 0. The van der Waals surface area contributed by atoms with Crippen molar-refractivity contribution in [2.75, 3.05) is 6.26 Å². The van der Waals surface area contributed by atoms with Crippen molar-refractivity contribution in [3.05, 3.63) is 0 Å². The fourth-order valence-electron chi connectivity index (χ4n) is 0. The maximum Gasteiger partial charge on any atom is 1.00 e. The van der Waals surface area contributed by atoms with Crippen LogP contribution in [-0.2, 0) is 9.15 Å². The van der Waals surface area contributed by atoms with Crippen molar-refractivity contribution in [3.63, 3.8) is 0 Å². The number of hydrogen-bond donors (Lipinski definition) is 0. The van der Waals surface area contributed by atoms with Crippen molar-refractivity contribution in [2.24, 2.45) is 0 Å². The minimum Gasteiger partial charge on any atom is -0.739 e. The molecule has 0 aromatic rings. The Bertz CT molecular complexity index is 115. The van der Waals surface area contributed by atoms with Gasteiger partial charge in [0.05, 0.1) is 0 Å². The van der Waals surface area contributed by atoms with Crippen molar-refractivity contribution in [2.45, 2.75) is 0 Å². The van der Waals surface area contributed by atoms with E-state index in [0.717, 1.165) is 0 Å². The van der Waals surface area contributed by atoms with E-state index in [4.69, 9.17) is 0 Å². The Morgan fingerprint density at radius 3 is 1.71 bits per heavy atom. The molecular formula is CH3NaO3S2. The third-order valence-corrected chi connectivity index (χ3v) is 1.84. The normalized spacial score (nSPS) is 10.0. The molecule has 3 nitrogen and oxygen atoms in total. The molecule has 7 heavy (non-hydrogen) atoms. The molecule has 0 rings (SSSR count). The maximum atomic E-state index is 9.41. The largest absolute Gasteiger partial charge is 1.00 e. The van der Waals surface area contributed by atoms with Gasteiger partial charge in [0.25, 0.3) is 0 Å². The van der Waals surface area contributed by atoms with E-state index in [-0.39, 0.29) is 29.6 Å². The molecule has 38 valence electrons.